The van der Waals surface area contributed by atoms with Crippen molar-refractivity contribution < 1.29 is 4.74 Å². The van der Waals surface area contributed by atoms with Crippen LogP contribution < -0.4 is 4.74 Å². The largest absolute Gasteiger partial charge is 0.496 e. The first-order chi connectivity index (χ1) is 10.8. The van der Waals surface area contributed by atoms with Crippen molar-refractivity contribution in [1.82, 2.24) is 0 Å². The summed E-state index contributed by atoms with van der Waals surface area (Å²) in [5.41, 5.74) is 3.67. The third-order valence-corrected chi connectivity index (χ3v) is 4.26. The average molecular weight is 353 g/mol. The molecule has 22 heavy (non-hydrogen) atoms. The SMILES string of the molecule is COc1ccc(Br)cc1C(c1ccccc1)c1ccccc1. The van der Waals surface area contributed by atoms with E-state index in [1.807, 2.05) is 24.3 Å². The van der Waals surface area contributed by atoms with E-state index in [1.165, 1.54) is 11.1 Å². The average Bonchev–Trinajstić information content (AvgIpc) is 2.57. The Labute approximate surface area is 139 Å². The Hall–Kier alpha value is -2.06. The molecule has 0 aliphatic heterocycles. The van der Waals surface area contributed by atoms with Crippen molar-refractivity contribution in [2.24, 2.45) is 0 Å². The highest BCUT2D eigenvalue weighted by molar-refractivity contribution is 9.10. The minimum Gasteiger partial charge on any atom is -0.496 e. The number of ether oxygens (including phenoxy) is 1. The van der Waals surface area contributed by atoms with Crippen molar-refractivity contribution in [1.29, 1.82) is 0 Å². The van der Waals surface area contributed by atoms with Crippen LogP contribution in [0.25, 0.3) is 0 Å². The van der Waals surface area contributed by atoms with E-state index in [2.05, 4.69) is 70.5 Å². The number of hydrogen-bond donors (Lipinski definition) is 0. The van der Waals surface area contributed by atoms with Gasteiger partial charge in [0, 0.05) is 16.0 Å². The lowest BCUT2D eigenvalue weighted by molar-refractivity contribution is 0.409. The maximum atomic E-state index is 5.60. The summed E-state index contributed by atoms with van der Waals surface area (Å²) < 4.78 is 6.66. The number of methoxy groups -OCH3 is 1. The molecule has 3 aromatic rings. The summed E-state index contributed by atoms with van der Waals surface area (Å²) in [6, 6.07) is 27.2. The van der Waals surface area contributed by atoms with E-state index in [-0.39, 0.29) is 5.92 Å². The van der Waals surface area contributed by atoms with Gasteiger partial charge in [-0.15, -0.1) is 0 Å². The lowest BCUT2D eigenvalue weighted by Crippen LogP contribution is -2.05. The van der Waals surface area contributed by atoms with Gasteiger partial charge in [0.05, 0.1) is 7.11 Å². The minimum absolute atomic E-state index is 0.148. The lowest BCUT2D eigenvalue weighted by atomic mass is 9.85. The Morgan fingerprint density at radius 2 is 1.32 bits per heavy atom. The normalized spacial score (nSPS) is 10.7. The highest BCUT2D eigenvalue weighted by Crippen LogP contribution is 2.38. The van der Waals surface area contributed by atoms with Crippen LogP contribution in [0.15, 0.2) is 83.3 Å². The molecule has 0 radical (unpaired) electrons. The van der Waals surface area contributed by atoms with Gasteiger partial charge in [0.15, 0.2) is 0 Å². The highest BCUT2D eigenvalue weighted by Gasteiger charge is 2.20. The Kier molecular flexibility index (Phi) is 4.59. The smallest absolute Gasteiger partial charge is 0.123 e. The molecule has 0 aliphatic carbocycles. The second-order valence-corrected chi connectivity index (χ2v) is 6.06. The van der Waals surface area contributed by atoms with E-state index in [1.54, 1.807) is 7.11 Å². The Morgan fingerprint density at radius 3 is 1.82 bits per heavy atom. The van der Waals surface area contributed by atoms with Gasteiger partial charge in [-0.2, -0.15) is 0 Å². The molecule has 0 N–H and O–H groups in total. The van der Waals surface area contributed by atoms with Gasteiger partial charge >= 0.3 is 0 Å². The maximum absolute atomic E-state index is 5.60. The third kappa shape index (κ3) is 3.07. The summed E-state index contributed by atoms with van der Waals surface area (Å²) in [5, 5.41) is 0. The van der Waals surface area contributed by atoms with E-state index in [0.29, 0.717) is 0 Å². The topological polar surface area (TPSA) is 9.23 Å². The molecular weight excluding hydrogens is 336 g/mol. The van der Waals surface area contributed by atoms with Crippen LogP contribution in [0, 0.1) is 0 Å². The summed E-state index contributed by atoms with van der Waals surface area (Å²) in [7, 11) is 1.72. The van der Waals surface area contributed by atoms with Crippen molar-refractivity contribution in [2.75, 3.05) is 7.11 Å². The zero-order valence-electron chi connectivity index (χ0n) is 12.4. The fourth-order valence-electron chi connectivity index (χ4n) is 2.77. The molecule has 110 valence electrons. The number of benzene rings is 3. The molecule has 0 unspecified atom stereocenters. The van der Waals surface area contributed by atoms with Crippen molar-refractivity contribution in [3.8, 4) is 5.75 Å². The minimum atomic E-state index is 0.148. The van der Waals surface area contributed by atoms with Crippen LogP contribution in [0.3, 0.4) is 0 Å². The molecule has 0 amide bonds. The second kappa shape index (κ2) is 6.80. The molecule has 2 heteroatoms. The fraction of sp³-hybridized carbons (Fsp3) is 0.100. The summed E-state index contributed by atoms with van der Waals surface area (Å²) >= 11 is 3.58. The number of rotatable bonds is 4. The first-order valence-corrected chi connectivity index (χ1v) is 8.02. The van der Waals surface area contributed by atoms with Gasteiger partial charge in [0.2, 0.25) is 0 Å². The summed E-state index contributed by atoms with van der Waals surface area (Å²) in [6.45, 7) is 0. The monoisotopic (exact) mass is 352 g/mol. The molecule has 0 saturated heterocycles. The summed E-state index contributed by atoms with van der Waals surface area (Å²) in [4.78, 5) is 0. The number of hydrogen-bond acceptors (Lipinski definition) is 1. The van der Waals surface area contributed by atoms with E-state index in [4.69, 9.17) is 4.74 Å². The third-order valence-electron chi connectivity index (χ3n) is 3.77. The molecule has 0 spiro atoms. The Morgan fingerprint density at radius 1 is 0.773 bits per heavy atom. The molecule has 0 saturated carbocycles. The highest BCUT2D eigenvalue weighted by atomic mass is 79.9. The predicted octanol–water partition coefficient (Wildman–Crippen LogP) is 5.64. The molecule has 0 fully saturated rings. The quantitative estimate of drug-likeness (QED) is 0.552. The summed E-state index contributed by atoms with van der Waals surface area (Å²) in [5.74, 6) is 1.05. The van der Waals surface area contributed by atoms with Crippen molar-refractivity contribution in [2.45, 2.75) is 5.92 Å². The van der Waals surface area contributed by atoms with Gasteiger partial charge in [-0.1, -0.05) is 76.6 Å². The van der Waals surface area contributed by atoms with Gasteiger partial charge in [0.1, 0.15) is 5.75 Å². The van der Waals surface area contributed by atoms with Gasteiger partial charge in [-0.25, -0.2) is 0 Å². The zero-order valence-corrected chi connectivity index (χ0v) is 14.0. The molecule has 3 aromatic carbocycles. The standard InChI is InChI=1S/C20H17BrO/c1-22-19-13-12-17(21)14-18(19)20(15-8-4-2-5-9-15)16-10-6-3-7-11-16/h2-14,20H,1H3. The maximum Gasteiger partial charge on any atom is 0.123 e. The molecule has 0 aromatic heterocycles. The fourth-order valence-corrected chi connectivity index (χ4v) is 3.15. The van der Waals surface area contributed by atoms with E-state index < -0.39 is 0 Å². The first kappa shape index (κ1) is 14.9. The molecule has 0 atom stereocenters. The van der Waals surface area contributed by atoms with Gasteiger partial charge < -0.3 is 4.74 Å². The molecule has 0 bridgehead atoms. The summed E-state index contributed by atoms with van der Waals surface area (Å²) in [6.07, 6.45) is 0. The van der Waals surface area contributed by atoms with Gasteiger partial charge in [0.25, 0.3) is 0 Å². The van der Waals surface area contributed by atoms with Crippen LogP contribution in [0.4, 0.5) is 0 Å². The van der Waals surface area contributed by atoms with Crippen LogP contribution in [0.2, 0.25) is 0 Å². The molecule has 1 nitrogen and oxygen atoms in total. The Balaban J connectivity index is 2.21. The van der Waals surface area contributed by atoms with Crippen LogP contribution in [-0.2, 0) is 0 Å². The number of halogens is 1. The predicted molar refractivity (Wildman–Crippen MR) is 94.5 cm³/mol. The van der Waals surface area contributed by atoms with Crippen LogP contribution in [-0.4, -0.2) is 7.11 Å². The second-order valence-electron chi connectivity index (χ2n) is 5.14. The first-order valence-electron chi connectivity index (χ1n) is 7.23. The van der Waals surface area contributed by atoms with E-state index in [0.717, 1.165) is 15.8 Å². The van der Waals surface area contributed by atoms with Gasteiger partial charge in [-0.3, -0.25) is 0 Å². The molecule has 0 aliphatic rings. The van der Waals surface area contributed by atoms with E-state index >= 15 is 0 Å². The van der Waals surface area contributed by atoms with Crippen molar-refractivity contribution >= 4 is 15.9 Å². The van der Waals surface area contributed by atoms with Crippen molar-refractivity contribution in [3.05, 3.63) is 100 Å². The van der Waals surface area contributed by atoms with Crippen LogP contribution in [0.1, 0.15) is 22.6 Å². The van der Waals surface area contributed by atoms with Crippen LogP contribution >= 0.6 is 15.9 Å². The van der Waals surface area contributed by atoms with Crippen LogP contribution in [0.5, 0.6) is 5.75 Å². The van der Waals surface area contributed by atoms with Crippen molar-refractivity contribution in [3.63, 3.8) is 0 Å². The molecular formula is C20H17BrO. The lowest BCUT2D eigenvalue weighted by Gasteiger charge is -2.21. The van der Waals surface area contributed by atoms with Gasteiger partial charge in [-0.05, 0) is 29.3 Å². The molecule has 3 rings (SSSR count). The van der Waals surface area contributed by atoms with E-state index in [9.17, 15) is 0 Å². The zero-order chi connectivity index (χ0) is 15.4. The Bertz CT molecular complexity index is 699. The molecule has 0 heterocycles.